The Morgan fingerprint density at radius 1 is 1.24 bits per heavy atom. The third-order valence-electron chi connectivity index (χ3n) is 3.56. The summed E-state index contributed by atoms with van der Waals surface area (Å²) in [5, 5.41) is 3.04. The van der Waals surface area contributed by atoms with E-state index in [-0.39, 0.29) is 10.8 Å². The van der Waals surface area contributed by atoms with Crippen molar-refractivity contribution in [1.29, 1.82) is 0 Å². The smallest absolute Gasteiger partial charge is 0.242 e. The number of anilines is 1. The lowest BCUT2D eigenvalue weighted by Gasteiger charge is -2.16. The lowest BCUT2D eigenvalue weighted by atomic mass is 10.3. The fraction of sp³-hybridized carbons (Fsp3) is 0.500. The molecular formula is C14H21N3O3S. The molecule has 1 fully saturated rings. The molecule has 0 atom stereocenters. The summed E-state index contributed by atoms with van der Waals surface area (Å²) in [5.74, 6) is 0.119. The molecule has 0 aromatic heterocycles. The van der Waals surface area contributed by atoms with Gasteiger partial charge in [-0.05, 0) is 32.0 Å². The van der Waals surface area contributed by atoms with Crippen LogP contribution in [0.1, 0.15) is 19.3 Å². The molecule has 0 aliphatic carbocycles. The molecule has 0 radical (unpaired) electrons. The molecule has 0 unspecified atom stereocenters. The third kappa shape index (κ3) is 3.95. The number of hydrogen-bond acceptors (Lipinski definition) is 4. The van der Waals surface area contributed by atoms with E-state index in [1.165, 1.54) is 13.1 Å². The molecule has 7 heteroatoms. The Bertz CT molecular complexity index is 595. The van der Waals surface area contributed by atoms with Crippen molar-refractivity contribution in [3.05, 3.63) is 24.3 Å². The van der Waals surface area contributed by atoms with Crippen molar-refractivity contribution in [2.24, 2.45) is 0 Å². The molecule has 1 aromatic rings. The van der Waals surface area contributed by atoms with Crippen LogP contribution in [0.4, 0.5) is 5.69 Å². The van der Waals surface area contributed by atoms with Gasteiger partial charge in [0.2, 0.25) is 15.9 Å². The first-order chi connectivity index (χ1) is 10.0. The number of likely N-dealkylation sites (tertiary alicyclic amines) is 1. The van der Waals surface area contributed by atoms with Crippen molar-refractivity contribution in [3.8, 4) is 0 Å². The first-order valence-corrected chi connectivity index (χ1v) is 8.57. The van der Waals surface area contributed by atoms with E-state index < -0.39 is 10.0 Å². The summed E-state index contributed by atoms with van der Waals surface area (Å²) in [5.41, 5.74) is 0.515. The van der Waals surface area contributed by atoms with E-state index in [1.54, 1.807) is 18.2 Å². The average Bonchev–Trinajstić information content (AvgIpc) is 3.02. The van der Waals surface area contributed by atoms with E-state index in [4.69, 9.17) is 0 Å². The fourth-order valence-corrected chi connectivity index (χ4v) is 3.29. The molecule has 1 aliphatic rings. The number of carbonyl (C=O) groups excluding carboxylic acids is 1. The predicted octanol–water partition coefficient (Wildman–Crippen LogP) is 1.02. The lowest BCUT2D eigenvalue weighted by molar-refractivity contribution is -0.129. The number of sulfonamides is 1. The number of hydrogen-bond donors (Lipinski definition) is 2. The van der Waals surface area contributed by atoms with Crippen LogP contribution < -0.4 is 10.0 Å². The molecule has 21 heavy (non-hydrogen) atoms. The highest BCUT2D eigenvalue weighted by molar-refractivity contribution is 7.89. The summed E-state index contributed by atoms with van der Waals surface area (Å²) in [4.78, 5) is 14.0. The Balaban J connectivity index is 1.96. The van der Waals surface area contributed by atoms with Crippen molar-refractivity contribution in [3.63, 3.8) is 0 Å². The first-order valence-electron chi connectivity index (χ1n) is 7.09. The van der Waals surface area contributed by atoms with Gasteiger partial charge in [-0.1, -0.05) is 12.1 Å². The van der Waals surface area contributed by atoms with Gasteiger partial charge in [0.15, 0.2) is 0 Å². The first kappa shape index (κ1) is 15.8. The van der Waals surface area contributed by atoms with Crippen LogP contribution in [0.2, 0.25) is 0 Å². The van der Waals surface area contributed by atoms with E-state index in [0.717, 1.165) is 25.9 Å². The summed E-state index contributed by atoms with van der Waals surface area (Å²) in [6, 6.07) is 6.67. The van der Waals surface area contributed by atoms with Crippen LogP contribution in [0.3, 0.4) is 0 Å². The van der Waals surface area contributed by atoms with Gasteiger partial charge >= 0.3 is 0 Å². The van der Waals surface area contributed by atoms with E-state index in [0.29, 0.717) is 18.7 Å². The summed E-state index contributed by atoms with van der Waals surface area (Å²) in [6.45, 7) is 2.10. The van der Waals surface area contributed by atoms with Crippen LogP contribution in [0.5, 0.6) is 0 Å². The predicted molar refractivity (Wildman–Crippen MR) is 81.6 cm³/mol. The third-order valence-corrected chi connectivity index (χ3v) is 5.03. The minimum Gasteiger partial charge on any atom is -0.383 e. The van der Waals surface area contributed by atoms with Gasteiger partial charge < -0.3 is 10.2 Å². The highest BCUT2D eigenvalue weighted by Gasteiger charge is 2.18. The molecule has 1 heterocycles. The summed E-state index contributed by atoms with van der Waals surface area (Å²) in [7, 11) is -2.13. The van der Waals surface area contributed by atoms with Crippen LogP contribution in [0.15, 0.2) is 29.2 Å². The number of rotatable bonds is 6. The normalized spacial score (nSPS) is 15.2. The Labute approximate surface area is 125 Å². The van der Waals surface area contributed by atoms with E-state index >= 15 is 0 Å². The molecule has 1 aliphatic heterocycles. The van der Waals surface area contributed by atoms with Crippen LogP contribution >= 0.6 is 0 Å². The molecule has 116 valence electrons. The van der Waals surface area contributed by atoms with Gasteiger partial charge in [0.05, 0.1) is 5.69 Å². The minimum atomic E-state index is -3.50. The number of nitrogens with one attached hydrogen (secondary N) is 2. The number of benzene rings is 1. The maximum absolute atomic E-state index is 11.9. The zero-order valence-electron chi connectivity index (χ0n) is 12.1. The molecule has 0 spiro atoms. The summed E-state index contributed by atoms with van der Waals surface area (Å²) >= 11 is 0. The van der Waals surface area contributed by atoms with Crippen LogP contribution in [-0.2, 0) is 14.8 Å². The number of carbonyl (C=O) groups is 1. The van der Waals surface area contributed by atoms with Crippen molar-refractivity contribution >= 4 is 21.6 Å². The Kier molecular flexibility index (Phi) is 5.19. The van der Waals surface area contributed by atoms with Gasteiger partial charge in [0.1, 0.15) is 4.90 Å². The zero-order valence-corrected chi connectivity index (χ0v) is 12.9. The highest BCUT2D eigenvalue weighted by Crippen LogP contribution is 2.20. The van der Waals surface area contributed by atoms with E-state index in [1.807, 2.05) is 4.90 Å². The topological polar surface area (TPSA) is 78.5 Å². The number of amides is 1. The Hall–Kier alpha value is -1.60. The second-order valence-electron chi connectivity index (χ2n) is 4.97. The van der Waals surface area contributed by atoms with E-state index in [9.17, 15) is 13.2 Å². The standard InChI is InChI=1S/C14H21N3O3S/c1-15-21(19,20)13-7-3-2-6-12(13)16-9-8-14(18)17-10-4-5-11-17/h2-3,6-7,15-16H,4-5,8-11H2,1H3. The maximum atomic E-state index is 11.9. The van der Waals surface area contributed by atoms with Gasteiger partial charge in [-0.25, -0.2) is 13.1 Å². The van der Waals surface area contributed by atoms with Gasteiger partial charge in [0.25, 0.3) is 0 Å². The van der Waals surface area contributed by atoms with Crippen molar-refractivity contribution in [2.45, 2.75) is 24.2 Å². The molecule has 1 aromatic carbocycles. The second kappa shape index (κ2) is 6.91. The Morgan fingerprint density at radius 3 is 2.57 bits per heavy atom. The molecule has 0 bridgehead atoms. The van der Waals surface area contributed by atoms with Gasteiger partial charge in [-0.3, -0.25) is 4.79 Å². The Morgan fingerprint density at radius 2 is 1.90 bits per heavy atom. The molecule has 0 saturated carbocycles. The highest BCUT2D eigenvalue weighted by atomic mass is 32.2. The maximum Gasteiger partial charge on any atom is 0.242 e. The van der Waals surface area contributed by atoms with Crippen molar-refractivity contribution < 1.29 is 13.2 Å². The lowest BCUT2D eigenvalue weighted by Crippen LogP contribution is -2.29. The van der Waals surface area contributed by atoms with E-state index in [2.05, 4.69) is 10.0 Å². The van der Waals surface area contributed by atoms with Crippen molar-refractivity contribution in [2.75, 3.05) is 32.0 Å². The molecule has 1 saturated heterocycles. The molecule has 6 nitrogen and oxygen atoms in total. The van der Waals surface area contributed by atoms with Gasteiger partial charge in [-0.2, -0.15) is 0 Å². The summed E-state index contributed by atoms with van der Waals surface area (Å²) < 4.78 is 26.1. The minimum absolute atomic E-state index is 0.119. The van der Waals surface area contributed by atoms with Crippen LogP contribution in [-0.4, -0.2) is 45.9 Å². The number of para-hydroxylation sites is 1. The van der Waals surface area contributed by atoms with Crippen LogP contribution in [0.25, 0.3) is 0 Å². The zero-order chi connectivity index (χ0) is 15.3. The molecular weight excluding hydrogens is 290 g/mol. The summed E-state index contributed by atoms with van der Waals surface area (Å²) in [6.07, 6.45) is 2.51. The molecule has 1 amide bonds. The van der Waals surface area contributed by atoms with Gasteiger partial charge in [-0.15, -0.1) is 0 Å². The SMILES string of the molecule is CNS(=O)(=O)c1ccccc1NCCC(=O)N1CCCC1. The fourth-order valence-electron chi connectivity index (χ4n) is 2.39. The molecule has 2 rings (SSSR count). The average molecular weight is 311 g/mol. The monoisotopic (exact) mass is 311 g/mol. The largest absolute Gasteiger partial charge is 0.383 e. The second-order valence-corrected chi connectivity index (χ2v) is 6.82. The van der Waals surface area contributed by atoms with Gasteiger partial charge in [0, 0.05) is 26.1 Å². The quantitative estimate of drug-likeness (QED) is 0.822. The molecule has 2 N–H and O–H groups in total. The van der Waals surface area contributed by atoms with Crippen molar-refractivity contribution in [1.82, 2.24) is 9.62 Å². The number of nitrogens with zero attached hydrogens (tertiary/aromatic N) is 1. The van der Waals surface area contributed by atoms with Crippen LogP contribution in [0, 0.1) is 0 Å².